The Bertz CT molecular complexity index is 351. The average Bonchev–Trinajstić information content (AvgIpc) is 2.37. The molecule has 2 rings (SSSR count). The van der Waals surface area contributed by atoms with E-state index >= 15 is 0 Å². The molecule has 2 atom stereocenters. The highest BCUT2D eigenvalue weighted by Gasteiger charge is 2.23. The van der Waals surface area contributed by atoms with Gasteiger partial charge >= 0.3 is 0 Å². The third-order valence-electron chi connectivity index (χ3n) is 3.83. The summed E-state index contributed by atoms with van der Waals surface area (Å²) in [6.45, 7) is 3.93. The van der Waals surface area contributed by atoms with Crippen LogP contribution in [-0.4, -0.2) is 18.1 Å². The third kappa shape index (κ3) is 3.43. The lowest BCUT2D eigenvalue weighted by molar-refractivity contribution is 0.255. The molecule has 0 amide bonds. The van der Waals surface area contributed by atoms with E-state index < -0.39 is 0 Å². The van der Waals surface area contributed by atoms with Crippen LogP contribution in [0.5, 0.6) is 0 Å². The normalized spacial score (nSPS) is 24.6. The maximum absolute atomic E-state index is 5.84. The summed E-state index contributed by atoms with van der Waals surface area (Å²) >= 11 is 0. The molecule has 0 bridgehead atoms. The average molecular weight is 233 g/mol. The molecule has 94 valence electrons. The van der Waals surface area contributed by atoms with Gasteiger partial charge in [-0.05, 0) is 55.8 Å². The lowest BCUT2D eigenvalue weighted by atomic mass is 9.79. The molecule has 1 aromatic heterocycles. The van der Waals surface area contributed by atoms with Crippen molar-refractivity contribution in [2.24, 2.45) is 17.6 Å². The topological polar surface area (TPSA) is 50.9 Å². The van der Waals surface area contributed by atoms with Gasteiger partial charge in [0, 0.05) is 12.7 Å². The number of nitrogens with one attached hydrogen (secondary N) is 1. The first kappa shape index (κ1) is 12.4. The SMILES string of the molecule is Cc1ccnc(NCC2CCCCC2CN)c1. The molecule has 0 radical (unpaired) electrons. The minimum absolute atomic E-state index is 0.695. The van der Waals surface area contributed by atoms with E-state index in [4.69, 9.17) is 5.73 Å². The van der Waals surface area contributed by atoms with Gasteiger partial charge in [-0.3, -0.25) is 0 Å². The van der Waals surface area contributed by atoms with Crippen molar-refractivity contribution in [1.82, 2.24) is 4.98 Å². The molecule has 3 heteroatoms. The monoisotopic (exact) mass is 233 g/mol. The zero-order chi connectivity index (χ0) is 12.1. The smallest absolute Gasteiger partial charge is 0.126 e. The van der Waals surface area contributed by atoms with Gasteiger partial charge in [-0.15, -0.1) is 0 Å². The van der Waals surface area contributed by atoms with Crippen LogP contribution in [0.2, 0.25) is 0 Å². The lowest BCUT2D eigenvalue weighted by Crippen LogP contribution is -2.31. The van der Waals surface area contributed by atoms with Crippen molar-refractivity contribution in [3.63, 3.8) is 0 Å². The second-order valence-corrected chi connectivity index (χ2v) is 5.14. The molecule has 1 aromatic rings. The van der Waals surface area contributed by atoms with E-state index in [0.29, 0.717) is 5.92 Å². The van der Waals surface area contributed by atoms with Crippen molar-refractivity contribution >= 4 is 5.82 Å². The van der Waals surface area contributed by atoms with E-state index in [2.05, 4.69) is 23.3 Å². The molecule has 0 aromatic carbocycles. The quantitative estimate of drug-likeness (QED) is 0.840. The molecule has 1 saturated carbocycles. The Morgan fingerprint density at radius 1 is 1.35 bits per heavy atom. The Morgan fingerprint density at radius 3 is 2.82 bits per heavy atom. The maximum Gasteiger partial charge on any atom is 0.126 e. The summed E-state index contributed by atoms with van der Waals surface area (Å²) < 4.78 is 0. The van der Waals surface area contributed by atoms with Gasteiger partial charge in [0.05, 0.1) is 0 Å². The van der Waals surface area contributed by atoms with Crippen LogP contribution in [0.25, 0.3) is 0 Å². The van der Waals surface area contributed by atoms with E-state index in [1.54, 1.807) is 0 Å². The summed E-state index contributed by atoms with van der Waals surface area (Å²) in [5.41, 5.74) is 7.09. The zero-order valence-corrected chi connectivity index (χ0v) is 10.7. The number of pyridine rings is 1. The zero-order valence-electron chi connectivity index (χ0n) is 10.7. The van der Waals surface area contributed by atoms with Crippen molar-refractivity contribution in [3.8, 4) is 0 Å². The Kier molecular flexibility index (Phi) is 4.37. The fourth-order valence-corrected chi connectivity index (χ4v) is 2.73. The van der Waals surface area contributed by atoms with E-state index in [0.717, 1.165) is 24.8 Å². The van der Waals surface area contributed by atoms with Crippen molar-refractivity contribution < 1.29 is 0 Å². The highest BCUT2D eigenvalue weighted by Crippen LogP contribution is 2.29. The van der Waals surface area contributed by atoms with E-state index in [-0.39, 0.29) is 0 Å². The van der Waals surface area contributed by atoms with Crippen molar-refractivity contribution in [2.45, 2.75) is 32.6 Å². The standard InChI is InChI=1S/C14H23N3/c1-11-6-7-16-14(8-11)17-10-13-5-3-2-4-12(13)9-15/h6-8,12-13H,2-5,9-10,15H2,1H3,(H,16,17). The van der Waals surface area contributed by atoms with Gasteiger partial charge in [-0.1, -0.05) is 12.8 Å². The fourth-order valence-electron chi connectivity index (χ4n) is 2.73. The van der Waals surface area contributed by atoms with Crippen molar-refractivity contribution in [1.29, 1.82) is 0 Å². The second-order valence-electron chi connectivity index (χ2n) is 5.14. The summed E-state index contributed by atoms with van der Waals surface area (Å²) in [5.74, 6) is 2.41. The molecule has 0 spiro atoms. The van der Waals surface area contributed by atoms with Crippen molar-refractivity contribution in [3.05, 3.63) is 23.9 Å². The number of nitrogens with zero attached hydrogens (tertiary/aromatic N) is 1. The number of hydrogen-bond donors (Lipinski definition) is 2. The van der Waals surface area contributed by atoms with Gasteiger partial charge in [0.1, 0.15) is 5.82 Å². The van der Waals surface area contributed by atoms with Crippen molar-refractivity contribution in [2.75, 3.05) is 18.4 Å². The van der Waals surface area contributed by atoms with Crippen LogP contribution in [0.3, 0.4) is 0 Å². The number of aromatic nitrogens is 1. The number of rotatable bonds is 4. The van der Waals surface area contributed by atoms with Gasteiger partial charge in [0.25, 0.3) is 0 Å². The first-order chi connectivity index (χ1) is 8.29. The molecule has 0 aliphatic heterocycles. The largest absolute Gasteiger partial charge is 0.370 e. The van der Waals surface area contributed by atoms with Gasteiger partial charge < -0.3 is 11.1 Å². The molecule has 1 heterocycles. The molecule has 2 unspecified atom stereocenters. The van der Waals surface area contributed by atoms with Gasteiger partial charge in [0.2, 0.25) is 0 Å². The Labute approximate surface area is 104 Å². The summed E-state index contributed by atoms with van der Waals surface area (Å²) in [4.78, 5) is 4.33. The van der Waals surface area contributed by atoms with Gasteiger partial charge in [-0.2, -0.15) is 0 Å². The highest BCUT2D eigenvalue weighted by atomic mass is 15.0. The number of aryl methyl sites for hydroxylation is 1. The number of hydrogen-bond acceptors (Lipinski definition) is 3. The molecule has 0 saturated heterocycles. The molecule has 17 heavy (non-hydrogen) atoms. The van der Waals surface area contributed by atoms with E-state index in [1.807, 2.05) is 12.3 Å². The highest BCUT2D eigenvalue weighted by molar-refractivity contribution is 5.36. The predicted molar refractivity (Wildman–Crippen MR) is 72.0 cm³/mol. The molecular weight excluding hydrogens is 210 g/mol. The Balaban J connectivity index is 1.88. The molecule has 3 nitrogen and oxygen atoms in total. The predicted octanol–water partition coefficient (Wildman–Crippen LogP) is 2.57. The molecular formula is C14H23N3. The molecule has 3 N–H and O–H groups in total. The summed E-state index contributed by atoms with van der Waals surface area (Å²) in [6.07, 6.45) is 7.16. The van der Waals surface area contributed by atoms with Crippen LogP contribution in [0, 0.1) is 18.8 Å². The second kappa shape index (κ2) is 6.01. The first-order valence-corrected chi connectivity index (χ1v) is 6.66. The fraction of sp³-hybridized carbons (Fsp3) is 0.643. The van der Waals surface area contributed by atoms with Crippen LogP contribution in [0.15, 0.2) is 18.3 Å². The van der Waals surface area contributed by atoms with Crippen LogP contribution < -0.4 is 11.1 Å². The number of anilines is 1. The van der Waals surface area contributed by atoms with E-state index in [1.165, 1.54) is 31.2 Å². The summed E-state index contributed by atoms with van der Waals surface area (Å²) in [7, 11) is 0. The van der Waals surface area contributed by atoms with E-state index in [9.17, 15) is 0 Å². The minimum atomic E-state index is 0.695. The van der Waals surface area contributed by atoms with Gasteiger partial charge in [0.15, 0.2) is 0 Å². The molecule has 1 aliphatic rings. The molecule has 1 aliphatic carbocycles. The maximum atomic E-state index is 5.84. The van der Waals surface area contributed by atoms with Crippen LogP contribution >= 0.6 is 0 Å². The number of nitrogens with two attached hydrogens (primary N) is 1. The lowest BCUT2D eigenvalue weighted by Gasteiger charge is -2.30. The minimum Gasteiger partial charge on any atom is -0.370 e. The Morgan fingerprint density at radius 2 is 2.12 bits per heavy atom. The van der Waals surface area contributed by atoms with Crippen LogP contribution in [0.1, 0.15) is 31.2 Å². The third-order valence-corrected chi connectivity index (χ3v) is 3.83. The van der Waals surface area contributed by atoms with Crippen LogP contribution in [-0.2, 0) is 0 Å². The first-order valence-electron chi connectivity index (χ1n) is 6.66. The van der Waals surface area contributed by atoms with Crippen LogP contribution in [0.4, 0.5) is 5.82 Å². The summed E-state index contributed by atoms with van der Waals surface area (Å²) in [5, 5.41) is 3.45. The summed E-state index contributed by atoms with van der Waals surface area (Å²) in [6, 6.07) is 4.12. The Hall–Kier alpha value is -1.09. The van der Waals surface area contributed by atoms with Gasteiger partial charge in [-0.25, -0.2) is 4.98 Å². The molecule has 1 fully saturated rings.